The smallest absolute Gasteiger partial charge is 0.412 e. The van der Waals surface area contributed by atoms with Crippen molar-refractivity contribution in [1.29, 1.82) is 0 Å². The van der Waals surface area contributed by atoms with E-state index in [0.29, 0.717) is 35.4 Å². The fraction of sp³-hybridized carbons (Fsp3) is 0.207. The Balaban J connectivity index is 1.91. The molecule has 2 atom stereocenters. The zero-order chi connectivity index (χ0) is 28.2. The highest BCUT2D eigenvalue weighted by atomic mass is 16.6. The minimum atomic E-state index is -1.00. The molecule has 0 heterocycles. The molecule has 3 aromatic carbocycles. The summed E-state index contributed by atoms with van der Waals surface area (Å²) in [5, 5.41) is 21.8. The number of Topliss-reactive ketones (excluding diaryl/α,β-unsaturated/α-hetero) is 1. The first-order valence-electron chi connectivity index (χ1n) is 12.1. The van der Waals surface area contributed by atoms with Gasteiger partial charge < -0.3 is 19.3 Å². The van der Waals surface area contributed by atoms with Crippen molar-refractivity contribution in [3.8, 4) is 17.2 Å². The van der Waals surface area contributed by atoms with Gasteiger partial charge in [-0.3, -0.25) is 20.1 Å². The van der Waals surface area contributed by atoms with Crippen LogP contribution in [-0.2, 0) is 9.53 Å². The number of para-hydroxylation sites is 1. The Morgan fingerprint density at radius 1 is 1.00 bits per heavy atom. The number of rotatable bonds is 12. The van der Waals surface area contributed by atoms with Gasteiger partial charge in [-0.2, -0.15) is 0 Å². The normalized spacial score (nSPS) is 12.3. The van der Waals surface area contributed by atoms with E-state index in [9.17, 15) is 19.5 Å². The number of carbonyl (C=O) groups is 3. The molecule has 2 amide bonds. The number of anilines is 1. The Morgan fingerprint density at radius 3 is 2.33 bits per heavy atom. The molecule has 10 nitrogen and oxygen atoms in total. The quantitative estimate of drug-likeness (QED) is 0.108. The lowest BCUT2D eigenvalue weighted by Gasteiger charge is -2.28. The number of phenolic OH excluding ortho intramolecular Hbond substituents is 1. The highest BCUT2D eigenvalue weighted by Crippen LogP contribution is 2.34. The van der Waals surface area contributed by atoms with Crippen LogP contribution in [0.15, 0.2) is 84.9 Å². The van der Waals surface area contributed by atoms with Gasteiger partial charge in [0.25, 0.3) is 5.91 Å². The monoisotopic (exact) mass is 534 g/mol. The Labute approximate surface area is 225 Å². The van der Waals surface area contributed by atoms with Crippen molar-refractivity contribution < 1.29 is 38.9 Å². The Bertz CT molecular complexity index is 1290. The van der Waals surface area contributed by atoms with Crippen LogP contribution in [0, 0.1) is 0 Å². The summed E-state index contributed by atoms with van der Waals surface area (Å²) in [5.74, 6) is -0.174. The molecule has 204 valence electrons. The largest absolute Gasteiger partial charge is 0.504 e. The molecular formula is C29H30N2O8. The van der Waals surface area contributed by atoms with Gasteiger partial charge >= 0.3 is 6.09 Å². The van der Waals surface area contributed by atoms with E-state index >= 15 is 0 Å². The fourth-order valence-electron chi connectivity index (χ4n) is 3.73. The maximum absolute atomic E-state index is 13.0. The van der Waals surface area contributed by atoms with Gasteiger partial charge in [0.2, 0.25) is 0 Å². The maximum atomic E-state index is 13.0. The van der Waals surface area contributed by atoms with Gasteiger partial charge in [-0.25, -0.2) is 10.3 Å². The molecule has 4 N–H and O–H groups in total. The maximum Gasteiger partial charge on any atom is 0.412 e. The molecule has 0 spiro atoms. The minimum absolute atomic E-state index is 0.102. The third-order valence-electron chi connectivity index (χ3n) is 5.67. The minimum Gasteiger partial charge on any atom is -0.504 e. The van der Waals surface area contributed by atoms with Crippen molar-refractivity contribution in [3.63, 3.8) is 0 Å². The first-order chi connectivity index (χ1) is 18.8. The fourth-order valence-corrected chi connectivity index (χ4v) is 3.73. The highest BCUT2D eigenvalue weighted by molar-refractivity contribution is 5.95. The summed E-state index contributed by atoms with van der Waals surface area (Å²) >= 11 is 0. The van der Waals surface area contributed by atoms with Crippen LogP contribution in [0.3, 0.4) is 0 Å². The first-order valence-corrected chi connectivity index (χ1v) is 12.1. The SMILES string of the molecule is COc1ccc([C@@H](OC(=O)Nc2ccc(C(C)=O)cc2)[C@@H](CC/C=C/C(=O)NO)Oc2ccccc2)cc1O. The van der Waals surface area contributed by atoms with E-state index in [2.05, 4.69) is 5.32 Å². The van der Waals surface area contributed by atoms with Crippen molar-refractivity contribution in [2.45, 2.75) is 32.0 Å². The van der Waals surface area contributed by atoms with Crippen LogP contribution < -0.4 is 20.3 Å². The molecule has 0 unspecified atom stereocenters. The Kier molecular flexibility index (Phi) is 10.5. The van der Waals surface area contributed by atoms with Crippen molar-refractivity contribution >= 4 is 23.5 Å². The topological polar surface area (TPSA) is 143 Å². The molecule has 3 aromatic rings. The van der Waals surface area contributed by atoms with E-state index in [1.165, 1.54) is 31.7 Å². The van der Waals surface area contributed by atoms with E-state index < -0.39 is 24.2 Å². The second-order valence-electron chi connectivity index (χ2n) is 8.44. The summed E-state index contributed by atoms with van der Waals surface area (Å²) in [5.41, 5.74) is 2.88. The third-order valence-corrected chi connectivity index (χ3v) is 5.67. The summed E-state index contributed by atoms with van der Waals surface area (Å²) in [6, 6.07) is 19.9. The van der Waals surface area contributed by atoms with Gasteiger partial charge in [0.1, 0.15) is 11.9 Å². The number of hydroxylamine groups is 1. The number of amides is 2. The van der Waals surface area contributed by atoms with Crippen molar-refractivity contribution in [1.82, 2.24) is 5.48 Å². The lowest BCUT2D eigenvalue weighted by atomic mass is 9.99. The van der Waals surface area contributed by atoms with Crippen LogP contribution >= 0.6 is 0 Å². The van der Waals surface area contributed by atoms with Crippen LogP contribution in [-0.4, -0.2) is 41.3 Å². The molecule has 39 heavy (non-hydrogen) atoms. The second-order valence-corrected chi connectivity index (χ2v) is 8.44. The number of phenols is 1. The lowest BCUT2D eigenvalue weighted by Crippen LogP contribution is -2.31. The van der Waals surface area contributed by atoms with E-state index in [1.807, 2.05) is 6.07 Å². The second kappa shape index (κ2) is 14.2. The van der Waals surface area contributed by atoms with Crippen LogP contribution in [0.1, 0.15) is 41.8 Å². The molecule has 0 bridgehead atoms. The molecule has 10 heteroatoms. The number of methoxy groups -OCH3 is 1. The number of benzene rings is 3. The van der Waals surface area contributed by atoms with Crippen molar-refractivity contribution in [2.75, 3.05) is 12.4 Å². The van der Waals surface area contributed by atoms with Gasteiger partial charge in [0.05, 0.1) is 7.11 Å². The molecule has 0 aliphatic carbocycles. The number of nitrogens with one attached hydrogen (secondary N) is 2. The van der Waals surface area contributed by atoms with Gasteiger partial charge in [-0.05, 0) is 68.3 Å². The molecule has 0 saturated heterocycles. The molecule has 0 aromatic heterocycles. The average Bonchev–Trinajstić information content (AvgIpc) is 2.94. The standard InChI is InChI=1S/C29H30N2O8/c1-19(32)20-12-15-22(16-13-20)30-29(35)39-28(21-14-17-25(37-2)24(33)18-21)26(10-6-7-11-27(34)31-36)38-23-8-4-3-5-9-23/h3-5,7-9,11-18,26,28,33,36H,6,10H2,1-2H3,(H,30,35)(H,31,34)/b11-7+/t26-,28-/m1/s1. The van der Waals surface area contributed by atoms with E-state index in [0.717, 1.165) is 0 Å². The molecule has 0 fully saturated rings. The summed E-state index contributed by atoms with van der Waals surface area (Å²) in [6.45, 7) is 1.45. The van der Waals surface area contributed by atoms with Crippen molar-refractivity contribution in [3.05, 3.63) is 96.1 Å². The van der Waals surface area contributed by atoms with Gasteiger partial charge in [-0.1, -0.05) is 30.3 Å². The van der Waals surface area contributed by atoms with Crippen LogP contribution in [0.2, 0.25) is 0 Å². The number of hydrogen-bond donors (Lipinski definition) is 4. The predicted molar refractivity (Wildman–Crippen MR) is 143 cm³/mol. The highest BCUT2D eigenvalue weighted by Gasteiger charge is 2.30. The van der Waals surface area contributed by atoms with E-state index in [-0.39, 0.29) is 17.3 Å². The number of ether oxygens (including phenoxy) is 3. The molecule has 0 radical (unpaired) electrons. The van der Waals surface area contributed by atoms with Crippen LogP contribution in [0.25, 0.3) is 0 Å². The average molecular weight is 535 g/mol. The zero-order valence-electron chi connectivity index (χ0n) is 21.5. The lowest BCUT2D eigenvalue weighted by molar-refractivity contribution is -0.124. The molecular weight excluding hydrogens is 504 g/mol. The third kappa shape index (κ3) is 8.61. The van der Waals surface area contributed by atoms with Crippen molar-refractivity contribution in [2.24, 2.45) is 0 Å². The number of hydrogen-bond acceptors (Lipinski definition) is 8. The van der Waals surface area contributed by atoms with E-state index in [4.69, 9.17) is 19.4 Å². The molecule has 0 saturated carbocycles. The summed E-state index contributed by atoms with van der Waals surface area (Å²) in [6.07, 6.45) is 0.802. The number of aromatic hydroxyl groups is 1. The first kappa shape index (κ1) is 28.7. The Morgan fingerprint density at radius 2 is 1.72 bits per heavy atom. The molecule has 0 aliphatic rings. The summed E-state index contributed by atoms with van der Waals surface area (Å²) < 4.78 is 17.2. The number of ketones is 1. The Hall–Kier alpha value is -4.83. The van der Waals surface area contributed by atoms with Crippen LogP contribution in [0.5, 0.6) is 17.2 Å². The predicted octanol–water partition coefficient (Wildman–Crippen LogP) is 5.18. The number of carbonyl (C=O) groups excluding carboxylic acids is 3. The van der Waals surface area contributed by atoms with Gasteiger partial charge in [0.15, 0.2) is 23.4 Å². The molecule has 0 aliphatic heterocycles. The van der Waals surface area contributed by atoms with Crippen LogP contribution in [0.4, 0.5) is 10.5 Å². The summed E-state index contributed by atoms with van der Waals surface area (Å²) in [7, 11) is 1.42. The molecule has 3 rings (SSSR count). The summed E-state index contributed by atoms with van der Waals surface area (Å²) in [4.78, 5) is 35.9. The van der Waals surface area contributed by atoms with Gasteiger partial charge in [0, 0.05) is 22.9 Å². The van der Waals surface area contributed by atoms with E-state index in [1.54, 1.807) is 66.7 Å². The zero-order valence-corrected chi connectivity index (χ0v) is 21.5. The van der Waals surface area contributed by atoms with Gasteiger partial charge in [-0.15, -0.1) is 0 Å². The number of allylic oxidation sites excluding steroid dienone is 1.